The van der Waals surface area contributed by atoms with Gasteiger partial charge in [0.25, 0.3) is 0 Å². The largest absolute Gasteiger partial charge is 0.458 e. The Balaban J connectivity index is 2.27. The van der Waals surface area contributed by atoms with Gasteiger partial charge in [-0.25, -0.2) is 0 Å². The molecule has 2 heterocycles. The van der Waals surface area contributed by atoms with Crippen LogP contribution in [0, 0.1) is 5.92 Å². The van der Waals surface area contributed by atoms with Crippen molar-refractivity contribution in [3.05, 3.63) is 24.3 Å². The van der Waals surface area contributed by atoms with Crippen molar-refractivity contribution in [2.45, 2.75) is 25.4 Å². The maximum atomic E-state index is 11.3. The molecular weight excluding hydrogens is 152 g/mol. The molecule has 2 atom stereocenters. The molecule has 2 nitrogen and oxygen atoms in total. The summed E-state index contributed by atoms with van der Waals surface area (Å²) < 4.78 is 5.24. The molecule has 2 heteroatoms. The van der Waals surface area contributed by atoms with Crippen LogP contribution < -0.4 is 0 Å². The molecule has 1 saturated heterocycles. The minimum atomic E-state index is -0.0573. The van der Waals surface area contributed by atoms with Gasteiger partial charge in [0.1, 0.15) is 6.10 Å². The van der Waals surface area contributed by atoms with E-state index in [1.807, 2.05) is 24.3 Å². The Labute approximate surface area is 71.9 Å². The van der Waals surface area contributed by atoms with E-state index in [0.29, 0.717) is 0 Å². The van der Waals surface area contributed by atoms with Gasteiger partial charge >= 0.3 is 5.97 Å². The van der Waals surface area contributed by atoms with Gasteiger partial charge in [0.2, 0.25) is 0 Å². The highest BCUT2D eigenvalue weighted by Gasteiger charge is 2.24. The molecule has 0 saturated carbocycles. The first-order valence-electron chi connectivity index (χ1n) is 4.42. The predicted molar refractivity (Wildman–Crippen MR) is 45.5 cm³/mol. The van der Waals surface area contributed by atoms with Crippen molar-refractivity contribution in [1.29, 1.82) is 0 Å². The quantitative estimate of drug-likeness (QED) is 0.510. The third-order valence-electron chi connectivity index (χ3n) is 2.35. The summed E-state index contributed by atoms with van der Waals surface area (Å²) in [6.07, 6.45) is 10.8. The minimum absolute atomic E-state index is 0.0000463. The zero-order chi connectivity index (χ0) is 8.39. The Morgan fingerprint density at radius 2 is 2.08 bits per heavy atom. The van der Waals surface area contributed by atoms with Crippen LogP contribution in [0.3, 0.4) is 0 Å². The van der Waals surface area contributed by atoms with E-state index in [-0.39, 0.29) is 18.0 Å². The Kier molecular flexibility index (Phi) is 1.98. The topological polar surface area (TPSA) is 26.3 Å². The molecule has 0 spiro atoms. The highest BCUT2D eigenvalue weighted by molar-refractivity contribution is 5.75. The van der Waals surface area contributed by atoms with Crippen molar-refractivity contribution in [3.8, 4) is 0 Å². The van der Waals surface area contributed by atoms with Crippen molar-refractivity contribution < 1.29 is 9.53 Å². The molecule has 0 aromatic rings. The molecule has 2 aliphatic heterocycles. The van der Waals surface area contributed by atoms with Gasteiger partial charge in [0, 0.05) is 0 Å². The maximum Gasteiger partial charge on any atom is 0.313 e. The van der Waals surface area contributed by atoms with E-state index in [0.717, 1.165) is 19.3 Å². The van der Waals surface area contributed by atoms with Crippen molar-refractivity contribution in [2.24, 2.45) is 5.92 Å². The summed E-state index contributed by atoms with van der Waals surface area (Å²) in [6.45, 7) is 0. The van der Waals surface area contributed by atoms with Gasteiger partial charge < -0.3 is 4.74 Å². The average Bonchev–Trinajstić information content (AvgIpc) is 2.18. The lowest BCUT2D eigenvalue weighted by atomic mass is 10.0. The molecule has 0 aromatic heterocycles. The third kappa shape index (κ3) is 1.42. The Bertz CT molecular complexity index is 240. The van der Waals surface area contributed by atoms with Crippen molar-refractivity contribution in [2.75, 3.05) is 0 Å². The SMILES string of the molecule is O=C1O[C@H]2C=C/C=C\[C@@H]1CCC2. The second kappa shape index (κ2) is 3.13. The van der Waals surface area contributed by atoms with Gasteiger partial charge in [-0.1, -0.05) is 18.2 Å². The molecule has 0 radical (unpaired) electrons. The average molecular weight is 164 g/mol. The fourth-order valence-electron chi connectivity index (χ4n) is 1.65. The highest BCUT2D eigenvalue weighted by Crippen LogP contribution is 2.22. The number of hydrogen-bond acceptors (Lipinski definition) is 2. The molecule has 1 fully saturated rings. The van der Waals surface area contributed by atoms with Gasteiger partial charge in [-0.15, -0.1) is 0 Å². The summed E-state index contributed by atoms with van der Waals surface area (Å²) in [5.41, 5.74) is 0. The number of hydrogen-bond donors (Lipinski definition) is 0. The molecule has 2 bridgehead atoms. The van der Waals surface area contributed by atoms with E-state index in [1.165, 1.54) is 0 Å². The van der Waals surface area contributed by atoms with Gasteiger partial charge in [-0.3, -0.25) is 4.79 Å². The molecule has 64 valence electrons. The van der Waals surface area contributed by atoms with Crippen LogP contribution in [0.15, 0.2) is 24.3 Å². The van der Waals surface area contributed by atoms with Gasteiger partial charge in [0.05, 0.1) is 5.92 Å². The van der Waals surface area contributed by atoms with E-state index in [2.05, 4.69) is 0 Å². The van der Waals surface area contributed by atoms with Crippen LogP contribution >= 0.6 is 0 Å². The van der Waals surface area contributed by atoms with Crippen LogP contribution in [0.5, 0.6) is 0 Å². The second-order valence-electron chi connectivity index (χ2n) is 3.28. The first kappa shape index (κ1) is 7.59. The first-order valence-corrected chi connectivity index (χ1v) is 4.42. The summed E-state index contributed by atoms with van der Waals surface area (Å²) in [4.78, 5) is 11.3. The molecule has 2 rings (SSSR count). The van der Waals surface area contributed by atoms with Gasteiger partial charge in [0.15, 0.2) is 0 Å². The first-order chi connectivity index (χ1) is 5.86. The van der Waals surface area contributed by atoms with Crippen LogP contribution in [0.2, 0.25) is 0 Å². The summed E-state index contributed by atoms with van der Waals surface area (Å²) >= 11 is 0. The summed E-state index contributed by atoms with van der Waals surface area (Å²) in [7, 11) is 0. The van der Waals surface area contributed by atoms with Gasteiger partial charge in [-0.2, -0.15) is 0 Å². The minimum Gasteiger partial charge on any atom is -0.458 e. The van der Waals surface area contributed by atoms with E-state index in [4.69, 9.17) is 4.74 Å². The third-order valence-corrected chi connectivity index (χ3v) is 2.35. The number of esters is 1. The summed E-state index contributed by atoms with van der Waals surface area (Å²) in [5.74, 6) is -0.0574. The Morgan fingerprint density at radius 1 is 1.25 bits per heavy atom. The van der Waals surface area contributed by atoms with Crippen LogP contribution in [0.25, 0.3) is 0 Å². The van der Waals surface area contributed by atoms with Crippen LogP contribution in [0.1, 0.15) is 19.3 Å². The molecular formula is C10H12O2. The van der Waals surface area contributed by atoms with E-state index in [1.54, 1.807) is 0 Å². The molecule has 0 N–H and O–H groups in total. The standard InChI is InChI=1S/C10H12O2/c11-10-8-4-1-2-6-9(12-10)7-3-5-8/h1-2,4,6,8-9H,3,5,7H2/b4-1-,6-2?/t8-,9+/m1/s1. The second-order valence-corrected chi connectivity index (χ2v) is 3.28. The monoisotopic (exact) mass is 164 g/mol. The number of allylic oxidation sites excluding steroid dienone is 2. The van der Waals surface area contributed by atoms with E-state index >= 15 is 0 Å². The predicted octanol–water partition coefficient (Wildman–Crippen LogP) is 1.82. The van der Waals surface area contributed by atoms with Crippen molar-refractivity contribution in [3.63, 3.8) is 0 Å². The lowest BCUT2D eigenvalue weighted by Gasteiger charge is -2.12. The molecule has 2 aliphatic rings. The number of rotatable bonds is 0. The normalized spacial score (nSPS) is 36.5. The lowest BCUT2D eigenvalue weighted by molar-refractivity contribution is -0.148. The molecule has 12 heavy (non-hydrogen) atoms. The zero-order valence-electron chi connectivity index (χ0n) is 6.90. The zero-order valence-corrected chi connectivity index (χ0v) is 6.90. The molecule has 0 unspecified atom stereocenters. The van der Waals surface area contributed by atoms with Crippen LogP contribution in [0.4, 0.5) is 0 Å². The number of fused-ring (bicyclic) bond motifs is 3. The van der Waals surface area contributed by atoms with Crippen molar-refractivity contribution in [1.82, 2.24) is 0 Å². The van der Waals surface area contributed by atoms with Crippen LogP contribution in [-0.2, 0) is 9.53 Å². The Morgan fingerprint density at radius 3 is 3.00 bits per heavy atom. The number of carbonyl (C=O) groups is 1. The smallest absolute Gasteiger partial charge is 0.313 e. The highest BCUT2D eigenvalue weighted by atomic mass is 16.5. The molecule has 0 aliphatic carbocycles. The summed E-state index contributed by atoms with van der Waals surface area (Å²) in [5, 5.41) is 0. The summed E-state index contributed by atoms with van der Waals surface area (Å²) in [6, 6.07) is 0. The lowest BCUT2D eigenvalue weighted by Crippen LogP contribution is -2.19. The molecule has 0 aromatic carbocycles. The molecule has 0 amide bonds. The number of ether oxygens (including phenoxy) is 1. The Hall–Kier alpha value is -1.05. The fourth-order valence-corrected chi connectivity index (χ4v) is 1.65. The van der Waals surface area contributed by atoms with Gasteiger partial charge in [-0.05, 0) is 25.3 Å². The maximum absolute atomic E-state index is 11.3. The van der Waals surface area contributed by atoms with Crippen LogP contribution in [-0.4, -0.2) is 12.1 Å². The number of carbonyl (C=O) groups excluding carboxylic acids is 1. The van der Waals surface area contributed by atoms with E-state index < -0.39 is 0 Å². The fraction of sp³-hybridized carbons (Fsp3) is 0.500. The van der Waals surface area contributed by atoms with Crippen molar-refractivity contribution >= 4 is 5.97 Å². The van der Waals surface area contributed by atoms with E-state index in [9.17, 15) is 4.79 Å².